The number of nitrogens with zero attached hydrogens (tertiary/aromatic N) is 2. The van der Waals surface area contributed by atoms with Gasteiger partial charge in [-0.25, -0.2) is 4.98 Å². The Morgan fingerprint density at radius 1 is 1.19 bits per heavy atom. The van der Waals surface area contributed by atoms with Gasteiger partial charge in [0.2, 0.25) is 0 Å². The Labute approximate surface area is 163 Å². The van der Waals surface area contributed by atoms with E-state index in [1.54, 1.807) is 11.3 Å². The molecular weight excluding hydrogens is 356 g/mol. The lowest BCUT2D eigenvalue weighted by Crippen LogP contribution is -2.41. The summed E-state index contributed by atoms with van der Waals surface area (Å²) in [4.78, 5) is 19.5. The van der Waals surface area contributed by atoms with E-state index in [9.17, 15) is 4.79 Å². The molecule has 1 amide bonds. The molecule has 0 spiro atoms. The second-order valence-electron chi connectivity index (χ2n) is 7.21. The molecule has 1 aliphatic rings. The zero-order valence-corrected chi connectivity index (χ0v) is 16.6. The minimum Gasteiger partial charge on any atom is -0.483 e. The number of hydrogen-bond acceptors (Lipinski definition) is 4. The number of amides is 1. The van der Waals surface area contributed by atoms with Gasteiger partial charge in [-0.1, -0.05) is 30.3 Å². The molecule has 5 heteroatoms. The molecule has 4 nitrogen and oxygen atoms in total. The molecule has 1 aliphatic heterocycles. The summed E-state index contributed by atoms with van der Waals surface area (Å²) < 4.78 is 7.08. The second-order valence-corrected chi connectivity index (χ2v) is 8.27. The molecule has 0 aliphatic carbocycles. The summed E-state index contributed by atoms with van der Waals surface area (Å²) in [5.41, 5.74) is 3.18. The first-order chi connectivity index (χ1) is 13.1. The minimum atomic E-state index is 0.0588. The van der Waals surface area contributed by atoms with Gasteiger partial charge < -0.3 is 9.64 Å². The van der Waals surface area contributed by atoms with Crippen LogP contribution in [0, 0.1) is 13.8 Å². The van der Waals surface area contributed by atoms with E-state index in [4.69, 9.17) is 9.72 Å². The fourth-order valence-corrected chi connectivity index (χ4v) is 4.82. The topological polar surface area (TPSA) is 42.4 Å². The fourth-order valence-electron chi connectivity index (χ4n) is 3.72. The van der Waals surface area contributed by atoms with Crippen LogP contribution in [-0.4, -0.2) is 35.5 Å². The smallest absolute Gasteiger partial charge is 0.260 e. The quantitative estimate of drug-likeness (QED) is 0.659. The Kier molecular flexibility index (Phi) is 5.12. The number of benzene rings is 2. The Balaban J connectivity index is 1.42. The first kappa shape index (κ1) is 18.0. The van der Waals surface area contributed by atoms with Gasteiger partial charge in [-0.2, -0.15) is 0 Å². The van der Waals surface area contributed by atoms with Gasteiger partial charge in [-0.3, -0.25) is 4.79 Å². The summed E-state index contributed by atoms with van der Waals surface area (Å²) in [7, 11) is 0. The van der Waals surface area contributed by atoms with Crippen molar-refractivity contribution in [3.63, 3.8) is 0 Å². The molecule has 0 N–H and O–H groups in total. The van der Waals surface area contributed by atoms with Gasteiger partial charge in [-0.15, -0.1) is 11.3 Å². The standard InChI is InChI=1S/C22H24N2O2S/c1-15-7-5-8-16(2)21(15)26-14-20(25)24-12-6-9-17(13-24)22-23-18-10-3-4-11-19(18)27-22/h3-5,7-8,10-11,17H,6,9,12-14H2,1-2H3/t17-/m0/s1. The largest absolute Gasteiger partial charge is 0.483 e. The number of aryl methyl sites for hydroxylation is 2. The van der Waals surface area contributed by atoms with Crippen molar-refractivity contribution in [3.05, 3.63) is 58.6 Å². The minimum absolute atomic E-state index is 0.0588. The number of thiazole rings is 1. The monoisotopic (exact) mass is 380 g/mol. The van der Waals surface area contributed by atoms with E-state index in [1.165, 1.54) is 4.70 Å². The molecule has 1 atom stereocenters. The summed E-state index contributed by atoms with van der Waals surface area (Å²) in [6.07, 6.45) is 2.09. The Morgan fingerprint density at radius 3 is 2.74 bits per heavy atom. The van der Waals surface area contributed by atoms with E-state index >= 15 is 0 Å². The molecule has 1 fully saturated rings. The van der Waals surface area contributed by atoms with Crippen LogP contribution in [0.5, 0.6) is 5.75 Å². The lowest BCUT2D eigenvalue weighted by Gasteiger charge is -2.31. The molecule has 140 valence electrons. The summed E-state index contributed by atoms with van der Waals surface area (Å²) in [5, 5.41) is 1.14. The van der Waals surface area contributed by atoms with Crippen LogP contribution in [0.25, 0.3) is 10.2 Å². The van der Waals surface area contributed by atoms with Crippen molar-refractivity contribution in [1.29, 1.82) is 0 Å². The number of hydrogen-bond donors (Lipinski definition) is 0. The Hall–Kier alpha value is -2.40. The van der Waals surface area contributed by atoms with Crippen LogP contribution >= 0.6 is 11.3 Å². The number of carbonyl (C=O) groups excluding carboxylic acids is 1. The maximum Gasteiger partial charge on any atom is 0.260 e. The van der Waals surface area contributed by atoms with Crippen molar-refractivity contribution in [2.24, 2.45) is 0 Å². The number of piperidine rings is 1. The van der Waals surface area contributed by atoms with E-state index in [2.05, 4.69) is 12.1 Å². The zero-order chi connectivity index (χ0) is 18.8. The number of likely N-dealkylation sites (tertiary alicyclic amines) is 1. The number of ether oxygens (including phenoxy) is 1. The maximum absolute atomic E-state index is 12.7. The van der Waals surface area contributed by atoms with Crippen LogP contribution < -0.4 is 4.74 Å². The van der Waals surface area contributed by atoms with Crippen molar-refractivity contribution in [1.82, 2.24) is 9.88 Å². The lowest BCUT2D eigenvalue weighted by atomic mass is 9.99. The summed E-state index contributed by atoms with van der Waals surface area (Å²) in [6.45, 7) is 5.65. The summed E-state index contributed by atoms with van der Waals surface area (Å²) in [5.74, 6) is 1.20. The van der Waals surface area contributed by atoms with Gasteiger partial charge in [0, 0.05) is 19.0 Å². The van der Waals surface area contributed by atoms with Crippen molar-refractivity contribution >= 4 is 27.5 Å². The number of para-hydroxylation sites is 2. The summed E-state index contributed by atoms with van der Waals surface area (Å²) >= 11 is 1.75. The van der Waals surface area contributed by atoms with Crippen molar-refractivity contribution in [2.75, 3.05) is 19.7 Å². The van der Waals surface area contributed by atoms with E-state index in [0.717, 1.165) is 53.3 Å². The van der Waals surface area contributed by atoms with Crippen LogP contribution in [0.15, 0.2) is 42.5 Å². The molecule has 2 aromatic carbocycles. The van der Waals surface area contributed by atoms with Crippen molar-refractivity contribution in [3.8, 4) is 5.75 Å². The number of aromatic nitrogens is 1. The highest BCUT2D eigenvalue weighted by Gasteiger charge is 2.27. The average molecular weight is 381 g/mol. The predicted octanol–water partition coefficient (Wildman–Crippen LogP) is 4.70. The molecule has 0 bridgehead atoms. The molecule has 27 heavy (non-hydrogen) atoms. The molecule has 0 saturated carbocycles. The Morgan fingerprint density at radius 2 is 1.96 bits per heavy atom. The first-order valence-corrected chi connectivity index (χ1v) is 10.3. The first-order valence-electron chi connectivity index (χ1n) is 9.44. The third-order valence-electron chi connectivity index (χ3n) is 5.18. The molecule has 1 aromatic heterocycles. The molecule has 0 radical (unpaired) electrons. The average Bonchev–Trinajstić information content (AvgIpc) is 3.12. The normalized spacial score (nSPS) is 17.3. The molecule has 2 heterocycles. The van der Waals surface area contributed by atoms with Crippen LogP contribution in [-0.2, 0) is 4.79 Å². The van der Waals surface area contributed by atoms with Gasteiger partial charge in [0.25, 0.3) is 5.91 Å². The predicted molar refractivity (Wildman–Crippen MR) is 110 cm³/mol. The van der Waals surface area contributed by atoms with Crippen LogP contribution in [0.2, 0.25) is 0 Å². The second kappa shape index (κ2) is 7.69. The van der Waals surface area contributed by atoms with Gasteiger partial charge >= 0.3 is 0 Å². The zero-order valence-electron chi connectivity index (χ0n) is 15.8. The SMILES string of the molecule is Cc1cccc(C)c1OCC(=O)N1CCC[C@H](c2nc3ccccc3s2)C1. The number of rotatable bonds is 4. The number of carbonyl (C=O) groups is 1. The van der Waals surface area contributed by atoms with E-state index < -0.39 is 0 Å². The van der Waals surface area contributed by atoms with Gasteiger partial charge in [0.05, 0.1) is 15.2 Å². The van der Waals surface area contributed by atoms with E-state index in [0.29, 0.717) is 5.92 Å². The number of fused-ring (bicyclic) bond motifs is 1. The lowest BCUT2D eigenvalue weighted by molar-refractivity contribution is -0.134. The van der Waals surface area contributed by atoms with Crippen molar-refractivity contribution < 1.29 is 9.53 Å². The van der Waals surface area contributed by atoms with Crippen LogP contribution in [0.1, 0.15) is 34.9 Å². The van der Waals surface area contributed by atoms with E-state index in [-0.39, 0.29) is 12.5 Å². The maximum atomic E-state index is 12.7. The molecule has 1 saturated heterocycles. The molecule has 3 aromatic rings. The van der Waals surface area contributed by atoms with Gasteiger partial charge in [0.1, 0.15) is 5.75 Å². The van der Waals surface area contributed by atoms with Gasteiger partial charge in [0.15, 0.2) is 6.61 Å². The Bertz CT molecular complexity index is 913. The molecule has 0 unspecified atom stereocenters. The highest BCUT2D eigenvalue weighted by atomic mass is 32.1. The highest BCUT2D eigenvalue weighted by molar-refractivity contribution is 7.18. The van der Waals surface area contributed by atoms with Crippen LogP contribution in [0.4, 0.5) is 0 Å². The summed E-state index contributed by atoms with van der Waals surface area (Å²) in [6, 6.07) is 14.3. The highest BCUT2D eigenvalue weighted by Crippen LogP contribution is 2.33. The third kappa shape index (κ3) is 3.83. The third-order valence-corrected chi connectivity index (χ3v) is 6.38. The fraction of sp³-hybridized carbons (Fsp3) is 0.364. The van der Waals surface area contributed by atoms with Gasteiger partial charge in [-0.05, 0) is 49.9 Å². The molecule has 4 rings (SSSR count). The molecular formula is C22H24N2O2S. The van der Waals surface area contributed by atoms with Crippen LogP contribution in [0.3, 0.4) is 0 Å². The van der Waals surface area contributed by atoms with E-state index in [1.807, 2.05) is 49.1 Å². The van der Waals surface area contributed by atoms with Crippen molar-refractivity contribution in [2.45, 2.75) is 32.6 Å².